The van der Waals surface area contributed by atoms with E-state index in [1.165, 1.54) is 0 Å². The van der Waals surface area contributed by atoms with Gasteiger partial charge in [-0.2, -0.15) is 0 Å². The molecule has 0 bridgehead atoms. The maximum atomic E-state index is 12.2. The second-order valence-corrected chi connectivity index (χ2v) is 6.16. The van der Waals surface area contributed by atoms with Crippen molar-refractivity contribution in [3.05, 3.63) is 45.9 Å². The lowest BCUT2D eigenvalue weighted by atomic mass is 10.2. The molecular formula is C16H20N2O2S. The number of hydrogen-bond acceptors (Lipinski definition) is 4. The summed E-state index contributed by atoms with van der Waals surface area (Å²) in [7, 11) is 0. The average Bonchev–Trinajstić information content (AvgIpc) is 2.89. The summed E-state index contributed by atoms with van der Waals surface area (Å²) in [5, 5.41) is 3.91. The lowest BCUT2D eigenvalue weighted by molar-refractivity contribution is -0.128. The molecule has 0 fully saturated rings. The molecule has 5 heteroatoms. The Kier molecular flexibility index (Phi) is 5.33. The van der Waals surface area contributed by atoms with Crippen LogP contribution in [0.15, 0.2) is 30.5 Å². The summed E-state index contributed by atoms with van der Waals surface area (Å²) in [5.41, 5.74) is 1.03. The number of aryl methyl sites for hydroxylation is 2. The van der Waals surface area contributed by atoms with Crippen molar-refractivity contribution in [3.63, 3.8) is 0 Å². The SMILES string of the molecule is CC[C@H](Oc1ccccc1C)C(=O)NCc1cnc(C)s1. The van der Waals surface area contributed by atoms with Crippen molar-refractivity contribution in [1.82, 2.24) is 10.3 Å². The van der Waals surface area contributed by atoms with Gasteiger partial charge in [0.25, 0.3) is 5.91 Å². The minimum absolute atomic E-state index is 0.0909. The number of benzene rings is 1. The lowest BCUT2D eigenvalue weighted by Gasteiger charge is -2.18. The summed E-state index contributed by atoms with van der Waals surface area (Å²) >= 11 is 1.59. The van der Waals surface area contributed by atoms with Crippen LogP contribution >= 0.6 is 11.3 Å². The number of rotatable bonds is 6. The third-order valence-electron chi connectivity index (χ3n) is 3.13. The van der Waals surface area contributed by atoms with E-state index in [0.29, 0.717) is 13.0 Å². The first kappa shape index (κ1) is 15.5. The van der Waals surface area contributed by atoms with E-state index in [-0.39, 0.29) is 5.91 Å². The minimum atomic E-state index is -0.472. The van der Waals surface area contributed by atoms with Gasteiger partial charge in [-0.15, -0.1) is 11.3 Å². The topological polar surface area (TPSA) is 51.2 Å². The van der Waals surface area contributed by atoms with Crippen LogP contribution in [0, 0.1) is 13.8 Å². The molecule has 1 heterocycles. The second kappa shape index (κ2) is 7.22. The van der Waals surface area contributed by atoms with Gasteiger partial charge in [-0.1, -0.05) is 25.1 Å². The van der Waals surface area contributed by atoms with E-state index in [1.807, 2.05) is 45.0 Å². The quantitative estimate of drug-likeness (QED) is 0.891. The molecule has 1 amide bonds. The van der Waals surface area contributed by atoms with Gasteiger partial charge in [-0.3, -0.25) is 4.79 Å². The molecule has 0 aliphatic heterocycles. The first-order chi connectivity index (χ1) is 10.1. The zero-order chi connectivity index (χ0) is 15.2. The number of nitrogens with zero attached hydrogens (tertiary/aromatic N) is 1. The summed E-state index contributed by atoms with van der Waals surface area (Å²) in [4.78, 5) is 17.4. The largest absolute Gasteiger partial charge is 0.480 e. The first-order valence-corrected chi connectivity index (χ1v) is 7.83. The summed E-state index contributed by atoms with van der Waals surface area (Å²) in [6, 6.07) is 7.72. The van der Waals surface area contributed by atoms with E-state index in [2.05, 4.69) is 10.3 Å². The highest BCUT2D eigenvalue weighted by atomic mass is 32.1. The first-order valence-electron chi connectivity index (χ1n) is 7.01. The van der Waals surface area contributed by atoms with E-state index in [0.717, 1.165) is 21.2 Å². The molecule has 0 radical (unpaired) electrons. The zero-order valence-corrected chi connectivity index (χ0v) is 13.4. The van der Waals surface area contributed by atoms with Crippen LogP contribution in [0.5, 0.6) is 5.75 Å². The van der Waals surface area contributed by atoms with E-state index in [9.17, 15) is 4.79 Å². The molecule has 1 atom stereocenters. The van der Waals surface area contributed by atoms with Crippen LogP contribution in [0.2, 0.25) is 0 Å². The monoisotopic (exact) mass is 304 g/mol. The van der Waals surface area contributed by atoms with Gasteiger partial charge in [-0.05, 0) is 31.9 Å². The molecule has 0 unspecified atom stereocenters. The molecule has 1 aromatic carbocycles. The Bertz CT molecular complexity index is 610. The molecule has 0 saturated carbocycles. The van der Waals surface area contributed by atoms with Crippen molar-refractivity contribution in [2.45, 2.75) is 39.8 Å². The van der Waals surface area contributed by atoms with Gasteiger partial charge >= 0.3 is 0 Å². The number of thiazole rings is 1. The summed E-state index contributed by atoms with van der Waals surface area (Å²) < 4.78 is 5.83. The molecule has 2 aromatic rings. The van der Waals surface area contributed by atoms with Gasteiger partial charge in [0.05, 0.1) is 11.6 Å². The Hall–Kier alpha value is -1.88. The van der Waals surface area contributed by atoms with Gasteiger partial charge in [0.15, 0.2) is 6.10 Å². The van der Waals surface area contributed by atoms with Gasteiger partial charge in [0.1, 0.15) is 5.75 Å². The maximum Gasteiger partial charge on any atom is 0.261 e. The zero-order valence-electron chi connectivity index (χ0n) is 12.6. The predicted octanol–water partition coefficient (Wildman–Crippen LogP) is 3.23. The highest BCUT2D eigenvalue weighted by molar-refractivity contribution is 7.11. The number of para-hydroxylation sites is 1. The fourth-order valence-corrected chi connectivity index (χ4v) is 2.67. The molecule has 0 aliphatic rings. The highest BCUT2D eigenvalue weighted by Gasteiger charge is 2.18. The molecule has 112 valence electrons. The molecule has 0 aliphatic carbocycles. The molecule has 0 spiro atoms. The highest BCUT2D eigenvalue weighted by Crippen LogP contribution is 2.19. The number of nitrogens with one attached hydrogen (secondary N) is 1. The molecule has 2 rings (SSSR count). The van der Waals surface area contributed by atoms with Crippen molar-refractivity contribution in [3.8, 4) is 5.75 Å². The van der Waals surface area contributed by atoms with Crippen LogP contribution in [0.4, 0.5) is 0 Å². The van der Waals surface area contributed by atoms with Crippen molar-refractivity contribution < 1.29 is 9.53 Å². The Morgan fingerprint density at radius 3 is 2.76 bits per heavy atom. The number of aromatic nitrogens is 1. The van der Waals surface area contributed by atoms with Crippen LogP contribution in [-0.4, -0.2) is 17.0 Å². The summed E-state index contributed by atoms with van der Waals surface area (Å²) in [6.45, 7) is 6.36. The van der Waals surface area contributed by atoms with Crippen molar-refractivity contribution in [1.29, 1.82) is 0 Å². The lowest BCUT2D eigenvalue weighted by Crippen LogP contribution is -2.37. The van der Waals surface area contributed by atoms with E-state index < -0.39 is 6.10 Å². The third-order valence-corrected chi connectivity index (χ3v) is 4.04. The summed E-state index contributed by atoms with van der Waals surface area (Å²) in [6.07, 6.45) is 1.95. The third kappa shape index (κ3) is 4.29. The number of carbonyl (C=O) groups excluding carboxylic acids is 1. The van der Waals surface area contributed by atoms with Crippen molar-refractivity contribution in [2.75, 3.05) is 0 Å². The van der Waals surface area contributed by atoms with Crippen molar-refractivity contribution >= 4 is 17.2 Å². The van der Waals surface area contributed by atoms with Crippen LogP contribution in [0.3, 0.4) is 0 Å². The van der Waals surface area contributed by atoms with Crippen LogP contribution < -0.4 is 10.1 Å². The Balaban J connectivity index is 1.94. The fourth-order valence-electron chi connectivity index (χ4n) is 1.94. The molecule has 1 aromatic heterocycles. The van der Waals surface area contributed by atoms with Gasteiger partial charge in [-0.25, -0.2) is 4.98 Å². The fraction of sp³-hybridized carbons (Fsp3) is 0.375. The minimum Gasteiger partial charge on any atom is -0.480 e. The molecule has 21 heavy (non-hydrogen) atoms. The van der Waals surface area contributed by atoms with Crippen LogP contribution in [-0.2, 0) is 11.3 Å². The van der Waals surface area contributed by atoms with E-state index in [1.54, 1.807) is 17.5 Å². The molecule has 1 N–H and O–H groups in total. The van der Waals surface area contributed by atoms with E-state index >= 15 is 0 Å². The van der Waals surface area contributed by atoms with Gasteiger partial charge in [0.2, 0.25) is 0 Å². The Morgan fingerprint density at radius 1 is 1.38 bits per heavy atom. The van der Waals surface area contributed by atoms with Gasteiger partial charge < -0.3 is 10.1 Å². The average molecular weight is 304 g/mol. The second-order valence-electron chi connectivity index (χ2n) is 4.84. The Morgan fingerprint density at radius 2 is 2.14 bits per heavy atom. The number of amides is 1. The number of carbonyl (C=O) groups is 1. The van der Waals surface area contributed by atoms with Gasteiger partial charge in [0, 0.05) is 11.1 Å². The normalized spacial score (nSPS) is 12.0. The molecule has 4 nitrogen and oxygen atoms in total. The van der Waals surface area contributed by atoms with Crippen LogP contribution in [0.25, 0.3) is 0 Å². The Labute approximate surface area is 129 Å². The van der Waals surface area contributed by atoms with Crippen LogP contribution in [0.1, 0.15) is 28.8 Å². The van der Waals surface area contributed by atoms with Crippen molar-refractivity contribution in [2.24, 2.45) is 0 Å². The molecule has 0 saturated heterocycles. The number of hydrogen-bond donors (Lipinski definition) is 1. The van der Waals surface area contributed by atoms with E-state index in [4.69, 9.17) is 4.74 Å². The number of ether oxygens (including phenoxy) is 1. The standard InChI is InChI=1S/C16H20N2O2S/c1-4-14(20-15-8-6-5-7-11(15)2)16(19)18-10-13-9-17-12(3)21-13/h5-9,14H,4,10H2,1-3H3,(H,18,19)/t14-/m0/s1. The smallest absolute Gasteiger partial charge is 0.261 e. The molecular weight excluding hydrogens is 284 g/mol. The maximum absolute atomic E-state index is 12.2. The summed E-state index contributed by atoms with van der Waals surface area (Å²) in [5.74, 6) is 0.667. The predicted molar refractivity (Wildman–Crippen MR) is 84.6 cm³/mol.